The van der Waals surface area contributed by atoms with Crippen molar-refractivity contribution in [2.75, 3.05) is 26.3 Å². The monoisotopic (exact) mass is 435 g/mol. The van der Waals surface area contributed by atoms with Crippen LogP contribution >= 0.6 is 0 Å². The first-order valence-electron chi connectivity index (χ1n) is 9.53. The second-order valence-electron chi connectivity index (χ2n) is 6.41. The van der Waals surface area contributed by atoms with E-state index in [0.29, 0.717) is 13.1 Å². The van der Waals surface area contributed by atoms with Crippen molar-refractivity contribution in [2.24, 2.45) is 0 Å². The maximum absolute atomic E-state index is 12.4. The summed E-state index contributed by atoms with van der Waals surface area (Å²) in [6.45, 7) is 7.80. The lowest BCUT2D eigenvalue weighted by Crippen LogP contribution is -2.31. The van der Waals surface area contributed by atoms with Crippen LogP contribution in [0, 0.1) is 21.4 Å². The van der Waals surface area contributed by atoms with Crippen LogP contribution in [0.2, 0.25) is 0 Å². The van der Waals surface area contributed by atoms with Gasteiger partial charge in [-0.25, -0.2) is 4.79 Å². The lowest BCUT2D eigenvalue weighted by molar-refractivity contribution is -0.385. The van der Waals surface area contributed by atoms with Crippen molar-refractivity contribution >= 4 is 23.8 Å². The number of carbonyl (C=O) groups is 2. The number of carbonyl (C=O) groups excluding carboxylic acids is 2. The fourth-order valence-corrected chi connectivity index (χ4v) is 2.43. The molecule has 0 saturated carbocycles. The van der Waals surface area contributed by atoms with E-state index in [1.807, 2.05) is 0 Å². The van der Waals surface area contributed by atoms with Gasteiger partial charge in [-0.15, -0.1) is 0 Å². The minimum atomic E-state index is -1.21. The fraction of sp³-hybridized carbons (Fsp3) is 0.450. The Bertz CT molecular complexity index is 885. The summed E-state index contributed by atoms with van der Waals surface area (Å²) in [6, 6.07) is 3.80. The molecular formula is C20H25N3O8. The Kier molecular flexibility index (Phi) is 9.94. The molecule has 0 aliphatic carbocycles. The average Bonchev–Trinajstić information content (AvgIpc) is 2.71. The molecule has 1 rings (SSSR count). The quantitative estimate of drug-likeness (QED) is 0.111. The number of hydrogen-bond acceptors (Lipinski definition) is 9. The third-order valence-electron chi connectivity index (χ3n) is 3.93. The van der Waals surface area contributed by atoms with Crippen molar-refractivity contribution in [2.45, 2.75) is 33.8 Å². The Morgan fingerprint density at radius 1 is 1.29 bits per heavy atom. The summed E-state index contributed by atoms with van der Waals surface area (Å²) in [5.74, 6) is -2.01. The third-order valence-corrected chi connectivity index (χ3v) is 3.93. The van der Waals surface area contributed by atoms with Gasteiger partial charge in [0.1, 0.15) is 18.2 Å². The topological polar surface area (TPSA) is 152 Å². The van der Waals surface area contributed by atoms with Crippen LogP contribution in [0.25, 0.3) is 6.08 Å². The zero-order valence-electron chi connectivity index (χ0n) is 17.8. The highest BCUT2D eigenvalue weighted by Gasteiger charge is 2.23. The summed E-state index contributed by atoms with van der Waals surface area (Å²) in [5.41, 5.74) is -1.04. The Hall–Kier alpha value is -3.65. The highest BCUT2D eigenvalue weighted by molar-refractivity contribution is 6.01. The molecule has 0 saturated heterocycles. The molecule has 0 radical (unpaired) electrons. The Morgan fingerprint density at radius 2 is 1.94 bits per heavy atom. The molecule has 168 valence electrons. The molecule has 0 aliphatic rings. The van der Waals surface area contributed by atoms with Gasteiger partial charge in [0.2, 0.25) is 5.75 Å². The van der Waals surface area contributed by atoms with Crippen molar-refractivity contribution in [3.05, 3.63) is 33.4 Å². The van der Waals surface area contributed by atoms with E-state index in [9.17, 15) is 30.1 Å². The number of nitro groups is 1. The molecule has 1 amide bonds. The normalized spacial score (nSPS) is 11.0. The maximum atomic E-state index is 12.4. The molecule has 0 aromatic heterocycles. The zero-order valence-corrected chi connectivity index (χ0v) is 17.8. The van der Waals surface area contributed by atoms with E-state index in [0.717, 1.165) is 18.2 Å². The minimum Gasteiger partial charge on any atom is -0.499 e. The van der Waals surface area contributed by atoms with E-state index >= 15 is 0 Å². The molecule has 1 aromatic rings. The predicted molar refractivity (Wildman–Crippen MR) is 109 cm³/mol. The number of nitrogens with zero attached hydrogens (tertiary/aromatic N) is 3. The number of benzene rings is 1. The van der Waals surface area contributed by atoms with Crippen LogP contribution in [0.4, 0.5) is 10.5 Å². The summed E-state index contributed by atoms with van der Waals surface area (Å²) < 4.78 is 14.9. The molecule has 0 aliphatic heterocycles. The van der Waals surface area contributed by atoms with Crippen molar-refractivity contribution in [1.82, 2.24) is 4.90 Å². The SMILES string of the molecule is CCN(CC)C(=O)/C(C#N)=C/c1cc(OC(=O)OCCOC(C)C)c(O)c([N+](=O)[O-])c1. The fourth-order valence-electron chi connectivity index (χ4n) is 2.43. The predicted octanol–water partition coefficient (Wildman–Crippen LogP) is 3.02. The Labute approximate surface area is 179 Å². The summed E-state index contributed by atoms with van der Waals surface area (Å²) in [5, 5.41) is 30.7. The molecule has 11 nitrogen and oxygen atoms in total. The zero-order chi connectivity index (χ0) is 23.6. The van der Waals surface area contributed by atoms with Crippen molar-refractivity contribution < 1.29 is 33.8 Å². The van der Waals surface area contributed by atoms with Gasteiger partial charge in [0.15, 0.2) is 5.75 Å². The number of aromatic hydroxyl groups is 1. The van der Waals surface area contributed by atoms with Gasteiger partial charge < -0.3 is 24.2 Å². The summed E-state index contributed by atoms with van der Waals surface area (Å²) >= 11 is 0. The van der Waals surface area contributed by atoms with E-state index in [2.05, 4.69) is 0 Å². The number of rotatable bonds is 10. The number of amides is 1. The first-order chi connectivity index (χ1) is 14.6. The lowest BCUT2D eigenvalue weighted by Gasteiger charge is -2.17. The summed E-state index contributed by atoms with van der Waals surface area (Å²) in [6.07, 6.45) is -0.164. The Balaban J connectivity index is 3.20. The molecule has 31 heavy (non-hydrogen) atoms. The van der Waals surface area contributed by atoms with Crippen LogP contribution in [0.15, 0.2) is 17.7 Å². The van der Waals surface area contributed by atoms with Gasteiger partial charge in [-0.05, 0) is 45.4 Å². The van der Waals surface area contributed by atoms with Gasteiger partial charge in [-0.1, -0.05) is 0 Å². The number of phenols is 1. The number of ether oxygens (including phenoxy) is 3. The molecule has 0 atom stereocenters. The molecule has 11 heteroatoms. The van der Waals surface area contributed by atoms with E-state index in [4.69, 9.17) is 14.2 Å². The van der Waals surface area contributed by atoms with Crippen molar-refractivity contribution in [1.29, 1.82) is 5.26 Å². The smallest absolute Gasteiger partial charge is 0.499 e. The van der Waals surface area contributed by atoms with Crippen LogP contribution < -0.4 is 4.74 Å². The van der Waals surface area contributed by atoms with Gasteiger partial charge in [0.05, 0.1) is 17.6 Å². The molecule has 0 heterocycles. The molecule has 0 spiro atoms. The second kappa shape index (κ2) is 12.1. The van der Waals surface area contributed by atoms with Crippen LogP contribution in [0.1, 0.15) is 33.3 Å². The van der Waals surface area contributed by atoms with E-state index in [-0.39, 0.29) is 30.5 Å². The van der Waals surface area contributed by atoms with Crippen LogP contribution in [0.5, 0.6) is 11.5 Å². The molecule has 0 fully saturated rings. The molecule has 0 unspecified atom stereocenters. The number of likely N-dealkylation sites (N-methyl/N-ethyl adjacent to an activating group) is 1. The van der Waals surface area contributed by atoms with Crippen LogP contribution in [-0.2, 0) is 14.3 Å². The van der Waals surface area contributed by atoms with Gasteiger partial charge >= 0.3 is 11.8 Å². The van der Waals surface area contributed by atoms with Crippen molar-refractivity contribution in [3.8, 4) is 17.6 Å². The van der Waals surface area contributed by atoms with E-state index < -0.39 is 34.2 Å². The van der Waals surface area contributed by atoms with E-state index in [1.165, 1.54) is 4.90 Å². The lowest BCUT2D eigenvalue weighted by atomic mass is 10.1. The minimum absolute atomic E-state index is 0.00694. The first-order valence-corrected chi connectivity index (χ1v) is 9.53. The third kappa shape index (κ3) is 7.60. The first kappa shape index (κ1) is 25.4. The highest BCUT2D eigenvalue weighted by atomic mass is 16.7. The molecule has 1 aromatic carbocycles. The van der Waals surface area contributed by atoms with Gasteiger partial charge in [-0.3, -0.25) is 14.9 Å². The highest BCUT2D eigenvalue weighted by Crippen LogP contribution is 2.38. The largest absolute Gasteiger partial charge is 0.514 e. The van der Waals surface area contributed by atoms with E-state index in [1.54, 1.807) is 33.8 Å². The van der Waals surface area contributed by atoms with Gasteiger partial charge in [0, 0.05) is 19.2 Å². The summed E-state index contributed by atoms with van der Waals surface area (Å²) in [7, 11) is 0. The van der Waals surface area contributed by atoms with Gasteiger partial charge in [-0.2, -0.15) is 5.26 Å². The van der Waals surface area contributed by atoms with Crippen LogP contribution in [0.3, 0.4) is 0 Å². The van der Waals surface area contributed by atoms with Crippen LogP contribution in [-0.4, -0.2) is 59.4 Å². The Morgan fingerprint density at radius 3 is 2.45 bits per heavy atom. The number of hydrogen-bond donors (Lipinski definition) is 1. The second-order valence-corrected chi connectivity index (χ2v) is 6.41. The number of nitriles is 1. The van der Waals surface area contributed by atoms with Gasteiger partial charge in [0.25, 0.3) is 5.91 Å². The number of nitro benzene ring substituents is 1. The maximum Gasteiger partial charge on any atom is 0.514 e. The molecular weight excluding hydrogens is 410 g/mol. The standard InChI is InChI=1S/C20H25N3O8/c1-5-22(6-2)19(25)15(12-21)9-14-10-16(23(27)28)18(24)17(11-14)31-20(26)30-8-7-29-13(3)4/h9-11,13,24H,5-8H2,1-4H3/b15-9+. The molecule has 0 bridgehead atoms. The molecule has 1 N–H and O–H groups in total. The number of phenolic OH excluding ortho intramolecular Hbond substituents is 1. The summed E-state index contributed by atoms with van der Waals surface area (Å²) in [4.78, 5) is 36.0. The average molecular weight is 435 g/mol. The van der Waals surface area contributed by atoms with Crippen molar-refractivity contribution in [3.63, 3.8) is 0 Å².